The number of imide groups is 1. The fourth-order valence-corrected chi connectivity index (χ4v) is 4.09. The van der Waals surface area contributed by atoms with Crippen molar-refractivity contribution in [3.8, 4) is 5.75 Å². The number of hydrogen-bond acceptors (Lipinski definition) is 8. The van der Waals surface area contributed by atoms with E-state index in [2.05, 4.69) is 15.6 Å². The van der Waals surface area contributed by atoms with Crippen molar-refractivity contribution in [3.05, 3.63) is 59.0 Å². The van der Waals surface area contributed by atoms with Crippen LogP contribution in [0.1, 0.15) is 32.0 Å². The summed E-state index contributed by atoms with van der Waals surface area (Å²) in [6, 6.07) is 7.39. The van der Waals surface area contributed by atoms with Crippen molar-refractivity contribution >= 4 is 34.9 Å². The Hall–Kier alpha value is -4.41. The standard InChI is InChI=1S/C22H18N4O7/c1-31-13-4-3-11-9-26(18(27)14(11)6-13)10-22(20(29)24-21(30)25-22)17-7-15-16(33-17)5-12(8-23-15)19(28)32-2/h3-8H,9-10H2,1-2H3,(H2,24,25,29,30)/t22-/m0/s1. The van der Waals surface area contributed by atoms with Gasteiger partial charge in [0.1, 0.15) is 17.0 Å². The molecule has 0 aliphatic carbocycles. The number of furan rings is 1. The first kappa shape index (κ1) is 20.5. The highest BCUT2D eigenvalue weighted by Gasteiger charge is 2.53. The minimum absolute atomic E-state index is 0.0803. The molecule has 0 spiro atoms. The predicted molar refractivity (Wildman–Crippen MR) is 111 cm³/mol. The van der Waals surface area contributed by atoms with Crippen LogP contribution >= 0.6 is 0 Å². The quantitative estimate of drug-likeness (QED) is 0.438. The molecule has 2 N–H and O–H groups in total. The summed E-state index contributed by atoms with van der Waals surface area (Å²) in [5.41, 5.74) is 0.316. The number of carbonyl (C=O) groups excluding carboxylic acids is 4. The van der Waals surface area contributed by atoms with Crippen LogP contribution in [0.3, 0.4) is 0 Å². The lowest BCUT2D eigenvalue weighted by Crippen LogP contribution is -2.52. The Morgan fingerprint density at radius 3 is 2.73 bits per heavy atom. The van der Waals surface area contributed by atoms with Gasteiger partial charge in [-0.3, -0.25) is 19.9 Å². The third-order valence-corrected chi connectivity index (χ3v) is 5.78. The van der Waals surface area contributed by atoms with Crippen molar-refractivity contribution < 1.29 is 33.1 Å². The van der Waals surface area contributed by atoms with E-state index in [9.17, 15) is 19.2 Å². The number of esters is 1. The topological polar surface area (TPSA) is 140 Å². The number of benzene rings is 1. The summed E-state index contributed by atoms with van der Waals surface area (Å²) in [5.74, 6) is -0.951. The highest BCUT2D eigenvalue weighted by Crippen LogP contribution is 2.34. The van der Waals surface area contributed by atoms with E-state index >= 15 is 0 Å². The Morgan fingerprint density at radius 2 is 2.03 bits per heavy atom. The number of methoxy groups -OCH3 is 2. The highest BCUT2D eigenvalue weighted by atomic mass is 16.5. The van der Waals surface area contributed by atoms with E-state index in [4.69, 9.17) is 13.9 Å². The fraction of sp³-hybridized carbons (Fsp3) is 0.227. The van der Waals surface area contributed by atoms with Crippen molar-refractivity contribution in [1.29, 1.82) is 0 Å². The predicted octanol–water partition coefficient (Wildman–Crippen LogP) is 1.31. The second-order valence-electron chi connectivity index (χ2n) is 7.71. The van der Waals surface area contributed by atoms with Crippen molar-refractivity contribution in [2.75, 3.05) is 20.8 Å². The van der Waals surface area contributed by atoms with Crippen LogP contribution in [0.5, 0.6) is 5.75 Å². The number of carbonyl (C=O) groups is 4. The molecule has 1 atom stereocenters. The zero-order valence-electron chi connectivity index (χ0n) is 17.6. The van der Waals surface area contributed by atoms with E-state index in [1.165, 1.54) is 37.4 Å². The molecule has 2 aliphatic rings. The van der Waals surface area contributed by atoms with Crippen molar-refractivity contribution in [3.63, 3.8) is 0 Å². The molecule has 1 fully saturated rings. The molecule has 0 radical (unpaired) electrons. The zero-order chi connectivity index (χ0) is 23.3. The van der Waals surface area contributed by atoms with E-state index in [1.807, 2.05) is 0 Å². The smallest absolute Gasteiger partial charge is 0.339 e. The van der Waals surface area contributed by atoms with Gasteiger partial charge in [0.15, 0.2) is 11.1 Å². The Kier molecular flexibility index (Phi) is 4.55. The first-order valence-corrected chi connectivity index (χ1v) is 9.93. The second-order valence-corrected chi connectivity index (χ2v) is 7.71. The SMILES string of the molecule is COC(=O)c1cnc2cc([C@]3(CN4Cc5ccc(OC)cc5C4=O)NC(=O)NC3=O)oc2c1. The van der Waals surface area contributed by atoms with Crippen LogP contribution in [0.25, 0.3) is 11.1 Å². The summed E-state index contributed by atoms with van der Waals surface area (Å²) in [6.45, 7) is 0.0676. The fourth-order valence-electron chi connectivity index (χ4n) is 4.09. The molecule has 0 saturated carbocycles. The molecule has 1 aromatic carbocycles. The molecule has 168 valence electrons. The molecule has 11 nitrogen and oxygen atoms in total. The van der Waals surface area contributed by atoms with Gasteiger partial charge < -0.3 is 24.1 Å². The third-order valence-electron chi connectivity index (χ3n) is 5.78. The normalized spacial score (nSPS) is 19.5. The summed E-state index contributed by atoms with van der Waals surface area (Å²) >= 11 is 0. The minimum Gasteiger partial charge on any atom is -0.497 e. The molecule has 2 aromatic heterocycles. The first-order valence-electron chi connectivity index (χ1n) is 9.93. The number of urea groups is 1. The van der Waals surface area contributed by atoms with Crippen molar-refractivity contribution in [2.45, 2.75) is 12.1 Å². The van der Waals surface area contributed by atoms with Crippen LogP contribution in [0.4, 0.5) is 4.79 Å². The number of rotatable bonds is 5. The highest BCUT2D eigenvalue weighted by molar-refractivity contribution is 6.08. The monoisotopic (exact) mass is 450 g/mol. The molecule has 2 aliphatic heterocycles. The van der Waals surface area contributed by atoms with Gasteiger partial charge in [-0.25, -0.2) is 9.59 Å². The second kappa shape index (κ2) is 7.33. The minimum atomic E-state index is -1.68. The van der Waals surface area contributed by atoms with Crippen LogP contribution in [0, 0.1) is 0 Å². The molecule has 4 heterocycles. The molecule has 3 aromatic rings. The van der Waals surface area contributed by atoms with E-state index in [1.54, 1.807) is 18.2 Å². The number of fused-ring (bicyclic) bond motifs is 2. The maximum atomic E-state index is 13.1. The van der Waals surface area contributed by atoms with Gasteiger partial charge in [-0.05, 0) is 23.8 Å². The molecule has 0 bridgehead atoms. The van der Waals surface area contributed by atoms with Crippen molar-refractivity contribution in [2.24, 2.45) is 0 Å². The number of ether oxygens (including phenoxy) is 2. The van der Waals surface area contributed by atoms with E-state index in [0.717, 1.165) is 5.56 Å². The Labute approximate surface area is 186 Å². The lowest BCUT2D eigenvalue weighted by Gasteiger charge is -2.28. The van der Waals surface area contributed by atoms with Gasteiger partial charge in [0.25, 0.3) is 11.8 Å². The number of pyridine rings is 1. The molecule has 1 saturated heterocycles. The molecular weight excluding hydrogens is 432 g/mol. The van der Waals surface area contributed by atoms with Crippen LogP contribution in [-0.4, -0.2) is 54.5 Å². The van der Waals surface area contributed by atoms with Crippen LogP contribution in [0.2, 0.25) is 0 Å². The van der Waals surface area contributed by atoms with Gasteiger partial charge in [0.2, 0.25) is 0 Å². The summed E-state index contributed by atoms with van der Waals surface area (Å²) < 4.78 is 15.8. The summed E-state index contributed by atoms with van der Waals surface area (Å²) in [5, 5.41) is 4.82. The Morgan fingerprint density at radius 1 is 1.21 bits per heavy atom. The third kappa shape index (κ3) is 3.16. The van der Waals surface area contributed by atoms with Gasteiger partial charge in [-0.2, -0.15) is 0 Å². The molecule has 5 rings (SSSR count). The van der Waals surface area contributed by atoms with Gasteiger partial charge in [0.05, 0.1) is 26.3 Å². The number of nitrogens with one attached hydrogen (secondary N) is 2. The first-order chi connectivity index (χ1) is 15.8. The Balaban J connectivity index is 1.54. The summed E-state index contributed by atoms with van der Waals surface area (Å²) in [7, 11) is 2.75. The van der Waals surface area contributed by atoms with Crippen molar-refractivity contribution in [1.82, 2.24) is 20.5 Å². The maximum absolute atomic E-state index is 13.1. The van der Waals surface area contributed by atoms with E-state index < -0.39 is 23.4 Å². The van der Waals surface area contributed by atoms with Gasteiger partial charge >= 0.3 is 12.0 Å². The molecular formula is C22H18N4O7. The van der Waals surface area contributed by atoms with E-state index in [0.29, 0.717) is 16.8 Å². The van der Waals surface area contributed by atoms with E-state index in [-0.39, 0.29) is 35.9 Å². The van der Waals surface area contributed by atoms with Gasteiger partial charge in [-0.1, -0.05) is 6.07 Å². The lowest BCUT2D eigenvalue weighted by atomic mass is 9.95. The summed E-state index contributed by atoms with van der Waals surface area (Å²) in [6.07, 6.45) is 1.32. The zero-order valence-corrected chi connectivity index (χ0v) is 17.6. The molecule has 11 heteroatoms. The largest absolute Gasteiger partial charge is 0.497 e. The molecule has 4 amide bonds. The summed E-state index contributed by atoms with van der Waals surface area (Å²) in [4.78, 5) is 55.6. The number of hydrogen-bond donors (Lipinski definition) is 2. The number of amides is 4. The van der Waals surface area contributed by atoms with Crippen LogP contribution in [-0.2, 0) is 21.6 Å². The average molecular weight is 450 g/mol. The molecule has 0 unspecified atom stereocenters. The Bertz CT molecular complexity index is 1350. The number of nitrogens with zero attached hydrogens (tertiary/aromatic N) is 2. The molecule has 33 heavy (non-hydrogen) atoms. The lowest BCUT2D eigenvalue weighted by molar-refractivity contribution is -0.125. The van der Waals surface area contributed by atoms with Crippen LogP contribution < -0.4 is 15.4 Å². The average Bonchev–Trinajstić information content (AvgIpc) is 3.46. The van der Waals surface area contributed by atoms with Gasteiger partial charge in [-0.15, -0.1) is 0 Å². The number of aromatic nitrogens is 1. The van der Waals surface area contributed by atoms with Gasteiger partial charge in [0, 0.05) is 24.4 Å². The maximum Gasteiger partial charge on any atom is 0.339 e. The van der Waals surface area contributed by atoms with Crippen LogP contribution in [0.15, 0.2) is 40.9 Å².